The van der Waals surface area contributed by atoms with E-state index in [0.717, 1.165) is 0 Å². The maximum atomic E-state index is 13.9. The molecular formula is C14H18FNO3. The predicted molar refractivity (Wildman–Crippen MR) is 68.8 cm³/mol. The molecule has 1 aromatic carbocycles. The third kappa shape index (κ3) is 2.87. The molecule has 0 bridgehead atoms. The van der Waals surface area contributed by atoms with Gasteiger partial charge in [0.2, 0.25) is 0 Å². The van der Waals surface area contributed by atoms with Gasteiger partial charge in [0.05, 0.1) is 12.5 Å². The largest absolute Gasteiger partial charge is 0.497 e. The minimum absolute atomic E-state index is 0.222. The summed E-state index contributed by atoms with van der Waals surface area (Å²) in [7, 11) is 1.47. The summed E-state index contributed by atoms with van der Waals surface area (Å²) < 4.78 is 18.9. The van der Waals surface area contributed by atoms with Gasteiger partial charge in [-0.3, -0.25) is 4.79 Å². The number of carbonyl (C=O) groups is 1. The van der Waals surface area contributed by atoms with Crippen LogP contribution in [0.4, 0.5) is 4.39 Å². The monoisotopic (exact) mass is 267 g/mol. The zero-order valence-corrected chi connectivity index (χ0v) is 10.9. The molecule has 0 amide bonds. The van der Waals surface area contributed by atoms with Crippen molar-refractivity contribution in [1.29, 1.82) is 0 Å². The van der Waals surface area contributed by atoms with E-state index in [1.54, 1.807) is 12.1 Å². The molecule has 0 unspecified atom stereocenters. The molecule has 2 rings (SSSR count). The number of ether oxygens (including phenoxy) is 1. The third-order valence-electron chi connectivity index (χ3n) is 3.80. The molecule has 0 radical (unpaired) electrons. The van der Waals surface area contributed by atoms with E-state index in [-0.39, 0.29) is 6.42 Å². The van der Waals surface area contributed by atoms with Gasteiger partial charge in [0.15, 0.2) is 0 Å². The minimum Gasteiger partial charge on any atom is -0.497 e. The van der Waals surface area contributed by atoms with Crippen LogP contribution in [0.5, 0.6) is 5.75 Å². The molecule has 0 saturated carbocycles. The topological polar surface area (TPSA) is 58.6 Å². The number of nitrogens with one attached hydrogen (secondary N) is 1. The lowest BCUT2D eigenvalue weighted by Gasteiger charge is -2.33. The summed E-state index contributed by atoms with van der Waals surface area (Å²) in [6, 6.07) is 4.57. The van der Waals surface area contributed by atoms with Crippen molar-refractivity contribution in [3.8, 4) is 5.75 Å². The Kier molecular flexibility index (Phi) is 4.04. The molecule has 0 atom stereocenters. The normalized spacial score (nSPS) is 18.0. The van der Waals surface area contributed by atoms with E-state index in [4.69, 9.17) is 4.74 Å². The lowest BCUT2D eigenvalue weighted by molar-refractivity contribution is -0.150. The molecule has 2 N–H and O–H groups in total. The van der Waals surface area contributed by atoms with Crippen LogP contribution in [-0.2, 0) is 11.2 Å². The lowest BCUT2D eigenvalue weighted by Crippen LogP contribution is -2.43. The van der Waals surface area contributed by atoms with Gasteiger partial charge >= 0.3 is 5.97 Å². The second-order valence-corrected chi connectivity index (χ2v) is 4.97. The summed E-state index contributed by atoms with van der Waals surface area (Å²) in [5, 5.41) is 12.6. The van der Waals surface area contributed by atoms with E-state index < -0.39 is 17.2 Å². The fourth-order valence-electron chi connectivity index (χ4n) is 2.53. The highest BCUT2D eigenvalue weighted by molar-refractivity contribution is 5.75. The molecule has 0 aliphatic carbocycles. The fourth-order valence-corrected chi connectivity index (χ4v) is 2.53. The molecule has 19 heavy (non-hydrogen) atoms. The standard InChI is InChI=1S/C14H18FNO3/c1-19-11-3-2-10(12(15)8-11)9-14(13(17)18)4-6-16-7-5-14/h2-3,8,16H,4-7,9H2,1H3,(H,17,18). The predicted octanol–water partition coefficient (Wildman–Crippen LogP) is 1.83. The maximum Gasteiger partial charge on any atom is 0.310 e. The molecule has 1 aromatic rings. The molecule has 0 spiro atoms. The van der Waals surface area contributed by atoms with Crippen molar-refractivity contribution in [2.24, 2.45) is 5.41 Å². The number of piperidine rings is 1. The van der Waals surface area contributed by atoms with Crippen LogP contribution in [0.25, 0.3) is 0 Å². The Morgan fingerprint density at radius 1 is 1.47 bits per heavy atom. The number of carboxylic acids is 1. The van der Waals surface area contributed by atoms with Crippen molar-refractivity contribution in [3.05, 3.63) is 29.6 Å². The number of hydrogen-bond donors (Lipinski definition) is 2. The molecule has 4 nitrogen and oxygen atoms in total. The molecule has 1 saturated heterocycles. The summed E-state index contributed by atoms with van der Waals surface area (Å²) in [6.07, 6.45) is 1.27. The van der Waals surface area contributed by atoms with Crippen LogP contribution in [0, 0.1) is 11.2 Å². The third-order valence-corrected chi connectivity index (χ3v) is 3.80. The Bertz CT molecular complexity index is 470. The van der Waals surface area contributed by atoms with Crippen molar-refractivity contribution in [1.82, 2.24) is 5.32 Å². The fraction of sp³-hybridized carbons (Fsp3) is 0.500. The van der Waals surface area contributed by atoms with Crippen LogP contribution in [0.1, 0.15) is 18.4 Å². The van der Waals surface area contributed by atoms with Gasteiger partial charge in [0, 0.05) is 6.07 Å². The average Bonchev–Trinajstić information content (AvgIpc) is 2.42. The van der Waals surface area contributed by atoms with Crippen LogP contribution < -0.4 is 10.1 Å². The Morgan fingerprint density at radius 3 is 2.68 bits per heavy atom. The van der Waals surface area contributed by atoms with Crippen LogP contribution in [0.3, 0.4) is 0 Å². The first-order valence-electron chi connectivity index (χ1n) is 6.34. The number of hydrogen-bond acceptors (Lipinski definition) is 3. The molecule has 0 aromatic heterocycles. The quantitative estimate of drug-likeness (QED) is 0.874. The molecule has 104 valence electrons. The van der Waals surface area contributed by atoms with E-state index in [1.807, 2.05) is 0 Å². The molecule has 1 aliphatic rings. The SMILES string of the molecule is COc1ccc(CC2(C(=O)O)CCNCC2)c(F)c1. The van der Waals surface area contributed by atoms with Crippen LogP contribution in [0.2, 0.25) is 0 Å². The summed E-state index contributed by atoms with van der Waals surface area (Å²) in [4.78, 5) is 11.5. The number of benzene rings is 1. The highest BCUT2D eigenvalue weighted by Gasteiger charge is 2.40. The van der Waals surface area contributed by atoms with Gasteiger partial charge in [0.1, 0.15) is 11.6 Å². The van der Waals surface area contributed by atoms with Gasteiger partial charge in [0.25, 0.3) is 0 Å². The molecular weight excluding hydrogens is 249 g/mol. The Balaban J connectivity index is 2.24. The average molecular weight is 267 g/mol. The van der Waals surface area contributed by atoms with Crippen molar-refractivity contribution >= 4 is 5.97 Å². The number of aliphatic carboxylic acids is 1. The smallest absolute Gasteiger partial charge is 0.310 e. The zero-order valence-electron chi connectivity index (χ0n) is 10.9. The Labute approximate surface area is 111 Å². The first-order valence-corrected chi connectivity index (χ1v) is 6.34. The van der Waals surface area contributed by atoms with Crippen LogP contribution >= 0.6 is 0 Å². The second-order valence-electron chi connectivity index (χ2n) is 4.97. The molecule has 5 heteroatoms. The summed E-state index contributed by atoms with van der Waals surface area (Å²) in [6.45, 7) is 1.31. The highest BCUT2D eigenvalue weighted by atomic mass is 19.1. The van der Waals surface area contributed by atoms with E-state index in [9.17, 15) is 14.3 Å². The highest BCUT2D eigenvalue weighted by Crippen LogP contribution is 2.34. The summed E-state index contributed by atoms with van der Waals surface area (Å²) in [5.41, 5.74) is -0.425. The maximum absolute atomic E-state index is 13.9. The minimum atomic E-state index is -0.860. The van der Waals surface area contributed by atoms with Gasteiger partial charge < -0.3 is 15.2 Å². The van der Waals surface area contributed by atoms with Gasteiger partial charge in [-0.15, -0.1) is 0 Å². The van der Waals surface area contributed by atoms with E-state index >= 15 is 0 Å². The first kappa shape index (κ1) is 13.8. The summed E-state index contributed by atoms with van der Waals surface area (Å²) in [5.74, 6) is -0.807. The summed E-state index contributed by atoms with van der Waals surface area (Å²) >= 11 is 0. The van der Waals surface area contributed by atoms with Crippen LogP contribution in [0.15, 0.2) is 18.2 Å². The van der Waals surface area contributed by atoms with E-state index in [2.05, 4.69) is 5.32 Å². The first-order chi connectivity index (χ1) is 9.07. The number of carboxylic acid groups (broad SMARTS) is 1. The van der Waals surface area contributed by atoms with Gasteiger partial charge in [-0.25, -0.2) is 4.39 Å². The molecule has 1 aliphatic heterocycles. The Hall–Kier alpha value is -1.62. The van der Waals surface area contributed by atoms with Crippen molar-refractivity contribution in [2.45, 2.75) is 19.3 Å². The van der Waals surface area contributed by atoms with E-state index in [1.165, 1.54) is 13.2 Å². The second kappa shape index (κ2) is 5.57. The van der Waals surface area contributed by atoms with Gasteiger partial charge in [-0.1, -0.05) is 6.07 Å². The molecule has 1 heterocycles. The number of halogens is 1. The Morgan fingerprint density at radius 2 is 2.16 bits per heavy atom. The van der Waals surface area contributed by atoms with Crippen molar-refractivity contribution in [2.75, 3.05) is 20.2 Å². The van der Waals surface area contributed by atoms with Crippen molar-refractivity contribution in [3.63, 3.8) is 0 Å². The zero-order chi connectivity index (χ0) is 13.9. The lowest BCUT2D eigenvalue weighted by atomic mass is 9.74. The molecule has 1 fully saturated rings. The van der Waals surface area contributed by atoms with Gasteiger partial charge in [-0.05, 0) is 44.0 Å². The number of rotatable bonds is 4. The van der Waals surface area contributed by atoms with Gasteiger partial charge in [-0.2, -0.15) is 0 Å². The number of methoxy groups -OCH3 is 1. The van der Waals surface area contributed by atoms with Crippen LogP contribution in [-0.4, -0.2) is 31.3 Å². The van der Waals surface area contributed by atoms with Crippen molar-refractivity contribution < 1.29 is 19.0 Å². The van der Waals surface area contributed by atoms with E-state index in [0.29, 0.717) is 37.2 Å².